The summed E-state index contributed by atoms with van der Waals surface area (Å²) < 4.78 is 0. The van der Waals surface area contributed by atoms with E-state index in [4.69, 9.17) is 11.1 Å². The van der Waals surface area contributed by atoms with Gasteiger partial charge < -0.3 is 11.1 Å². The third-order valence-electron chi connectivity index (χ3n) is 3.49. The molecule has 7 heteroatoms. The zero-order valence-corrected chi connectivity index (χ0v) is 14.6. The number of anilines is 1. The van der Waals surface area contributed by atoms with Crippen molar-refractivity contribution in [3.63, 3.8) is 0 Å². The van der Waals surface area contributed by atoms with Crippen LogP contribution in [-0.2, 0) is 16.0 Å². The minimum Gasteiger partial charge on any atom is -0.370 e. The Kier molecular flexibility index (Phi) is 7.62. The Morgan fingerprint density at radius 1 is 1.08 bits per heavy atom. The maximum Gasteiger partial charge on any atom is 0.234 e. The van der Waals surface area contributed by atoms with Crippen molar-refractivity contribution in [3.8, 4) is 0 Å². The van der Waals surface area contributed by atoms with E-state index in [-0.39, 0.29) is 30.2 Å². The molecule has 0 saturated heterocycles. The number of hydrogen-bond donors (Lipinski definition) is 4. The van der Waals surface area contributed by atoms with Crippen molar-refractivity contribution >= 4 is 35.9 Å². The van der Waals surface area contributed by atoms with Crippen LogP contribution in [0.2, 0.25) is 0 Å². The van der Waals surface area contributed by atoms with Crippen LogP contribution in [0.25, 0.3) is 0 Å². The van der Waals surface area contributed by atoms with Gasteiger partial charge in [-0.2, -0.15) is 0 Å². The van der Waals surface area contributed by atoms with E-state index in [1.807, 2.05) is 30.3 Å². The molecule has 0 saturated carbocycles. The van der Waals surface area contributed by atoms with Gasteiger partial charge in [0.1, 0.15) is 0 Å². The maximum atomic E-state index is 12.4. The lowest BCUT2D eigenvalue weighted by Crippen LogP contribution is -2.39. The molecule has 0 spiro atoms. The van der Waals surface area contributed by atoms with Crippen molar-refractivity contribution in [2.45, 2.75) is 19.3 Å². The summed E-state index contributed by atoms with van der Waals surface area (Å²) in [5.41, 5.74) is 7.74. The molecular weight excluding hydrogens is 340 g/mol. The minimum absolute atomic E-state index is 0. The van der Waals surface area contributed by atoms with E-state index in [9.17, 15) is 9.59 Å². The van der Waals surface area contributed by atoms with Crippen LogP contribution in [0.1, 0.15) is 24.0 Å². The average Bonchev–Trinajstić information content (AvgIpc) is 2.53. The van der Waals surface area contributed by atoms with Crippen molar-refractivity contribution < 1.29 is 9.59 Å². The van der Waals surface area contributed by atoms with E-state index >= 15 is 0 Å². The van der Waals surface area contributed by atoms with E-state index in [0.29, 0.717) is 12.1 Å². The Morgan fingerprint density at radius 2 is 1.68 bits per heavy atom. The summed E-state index contributed by atoms with van der Waals surface area (Å²) in [6.45, 7) is 1.44. The van der Waals surface area contributed by atoms with Crippen LogP contribution in [0.3, 0.4) is 0 Å². The second-order valence-electron chi connectivity index (χ2n) is 5.45. The first-order valence-corrected chi connectivity index (χ1v) is 7.52. The lowest BCUT2D eigenvalue weighted by atomic mass is 9.91. The van der Waals surface area contributed by atoms with E-state index in [1.54, 1.807) is 24.3 Å². The number of nitrogens with one attached hydrogen (secondary N) is 3. The van der Waals surface area contributed by atoms with Crippen molar-refractivity contribution in [1.82, 2.24) is 5.32 Å². The van der Waals surface area contributed by atoms with Gasteiger partial charge in [0.05, 0.1) is 5.92 Å². The van der Waals surface area contributed by atoms with Crippen LogP contribution < -0.4 is 16.4 Å². The second kappa shape index (κ2) is 9.44. The number of benzene rings is 2. The summed E-state index contributed by atoms with van der Waals surface area (Å²) >= 11 is 0. The second-order valence-corrected chi connectivity index (χ2v) is 5.45. The summed E-state index contributed by atoms with van der Waals surface area (Å²) in [4.78, 5) is 23.5. The molecule has 1 unspecified atom stereocenters. The molecule has 0 heterocycles. The van der Waals surface area contributed by atoms with E-state index in [1.165, 1.54) is 6.92 Å². The van der Waals surface area contributed by atoms with Crippen LogP contribution in [0.15, 0.2) is 54.6 Å². The topological polar surface area (TPSA) is 108 Å². The van der Waals surface area contributed by atoms with Crippen LogP contribution in [0.5, 0.6) is 0 Å². The zero-order chi connectivity index (χ0) is 17.5. The highest BCUT2D eigenvalue weighted by molar-refractivity contribution is 5.98. The molecule has 5 N–H and O–H groups in total. The van der Waals surface area contributed by atoms with Gasteiger partial charge in [-0.25, -0.2) is 0 Å². The van der Waals surface area contributed by atoms with Gasteiger partial charge >= 0.3 is 0 Å². The third kappa shape index (κ3) is 6.27. The standard InChI is InChI=1S/C18H20N4O2.ClH/c1-12(23)21-15-9-7-14(8-10-15)16(17(24)22-18(19)20)11-13-5-3-2-4-6-13;/h2-10,16H,11H2,1H3,(H,21,23)(H4,19,20,22,24);1H. The lowest BCUT2D eigenvalue weighted by Gasteiger charge is -2.17. The number of carbonyl (C=O) groups excluding carboxylic acids is 2. The molecule has 0 aromatic heterocycles. The first-order valence-electron chi connectivity index (χ1n) is 7.52. The number of amides is 2. The fourth-order valence-electron chi connectivity index (χ4n) is 2.43. The summed E-state index contributed by atoms with van der Waals surface area (Å²) in [6, 6.07) is 16.7. The molecule has 6 nitrogen and oxygen atoms in total. The van der Waals surface area contributed by atoms with Gasteiger partial charge in [0, 0.05) is 12.6 Å². The normalized spacial score (nSPS) is 10.9. The number of carbonyl (C=O) groups is 2. The van der Waals surface area contributed by atoms with Gasteiger partial charge in [-0.05, 0) is 29.7 Å². The molecule has 0 aliphatic rings. The van der Waals surface area contributed by atoms with Gasteiger partial charge in [-0.15, -0.1) is 12.4 Å². The van der Waals surface area contributed by atoms with Gasteiger partial charge in [0.25, 0.3) is 0 Å². The minimum atomic E-state index is -0.484. The SMILES string of the molecule is CC(=O)Nc1ccc(C(Cc2ccccc2)C(=O)NC(=N)N)cc1.Cl. The Labute approximate surface area is 152 Å². The van der Waals surface area contributed by atoms with Crippen molar-refractivity contribution in [1.29, 1.82) is 5.41 Å². The van der Waals surface area contributed by atoms with E-state index < -0.39 is 5.92 Å². The maximum absolute atomic E-state index is 12.4. The summed E-state index contributed by atoms with van der Waals surface area (Å²) in [7, 11) is 0. The van der Waals surface area contributed by atoms with E-state index in [0.717, 1.165) is 11.1 Å². The molecule has 0 bridgehead atoms. The molecule has 2 amide bonds. The first kappa shape index (κ1) is 20.2. The molecule has 2 rings (SSSR count). The van der Waals surface area contributed by atoms with Gasteiger partial charge in [0.2, 0.25) is 11.8 Å². The highest BCUT2D eigenvalue weighted by Gasteiger charge is 2.21. The molecule has 25 heavy (non-hydrogen) atoms. The average molecular weight is 361 g/mol. The Balaban J connectivity index is 0.00000312. The smallest absolute Gasteiger partial charge is 0.234 e. The molecular formula is C18H21ClN4O2. The molecule has 0 aliphatic heterocycles. The summed E-state index contributed by atoms with van der Waals surface area (Å²) in [5.74, 6) is -1.35. The van der Waals surface area contributed by atoms with Crippen LogP contribution in [-0.4, -0.2) is 17.8 Å². The lowest BCUT2D eigenvalue weighted by molar-refractivity contribution is -0.121. The molecule has 132 valence electrons. The van der Waals surface area contributed by atoms with Crippen molar-refractivity contribution in [2.24, 2.45) is 5.73 Å². The fourth-order valence-corrected chi connectivity index (χ4v) is 2.43. The number of guanidine groups is 1. The highest BCUT2D eigenvalue weighted by Crippen LogP contribution is 2.23. The number of halogens is 1. The van der Waals surface area contributed by atoms with Crippen molar-refractivity contribution in [2.75, 3.05) is 5.32 Å². The van der Waals surface area contributed by atoms with Crippen LogP contribution >= 0.6 is 12.4 Å². The number of nitrogens with two attached hydrogens (primary N) is 1. The summed E-state index contributed by atoms with van der Waals surface area (Å²) in [5, 5.41) is 12.3. The quantitative estimate of drug-likeness (QED) is 0.485. The summed E-state index contributed by atoms with van der Waals surface area (Å²) in [6.07, 6.45) is 0.486. The Hall–Kier alpha value is -2.86. The third-order valence-corrected chi connectivity index (χ3v) is 3.49. The zero-order valence-electron chi connectivity index (χ0n) is 13.8. The van der Waals surface area contributed by atoms with E-state index in [2.05, 4.69) is 10.6 Å². The number of rotatable bonds is 5. The number of hydrogen-bond acceptors (Lipinski definition) is 3. The molecule has 0 fully saturated rings. The molecule has 1 atom stereocenters. The molecule has 2 aromatic carbocycles. The Morgan fingerprint density at radius 3 is 2.20 bits per heavy atom. The predicted molar refractivity (Wildman–Crippen MR) is 101 cm³/mol. The van der Waals surface area contributed by atoms with Gasteiger partial charge in [-0.1, -0.05) is 42.5 Å². The Bertz CT molecular complexity index is 733. The highest BCUT2D eigenvalue weighted by atomic mass is 35.5. The van der Waals surface area contributed by atoms with Crippen LogP contribution in [0.4, 0.5) is 5.69 Å². The molecule has 2 aromatic rings. The van der Waals surface area contributed by atoms with Gasteiger partial charge in [0.15, 0.2) is 5.96 Å². The monoisotopic (exact) mass is 360 g/mol. The van der Waals surface area contributed by atoms with Crippen LogP contribution in [0, 0.1) is 5.41 Å². The first-order chi connectivity index (χ1) is 11.5. The molecule has 0 radical (unpaired) electrons. The molecule has 0 aliphatic carbocycles. The largest absolute Gasteiger partial charge is 0.370 e. The van der Waals surface area contributed by atoms with Crippen molar-refractivity contribution in [3.05, 3.63) is 65.7 Å². The fraction of sp³-hybridized carbons (Fsp3) is 0.167. The van der Waals surface area contributed by atoms with Gasteiger partial charge in [-0.3, -0.25) is 20.3 Å². The predicted octanol–water partition coefficient (Wildman–Crippen LogP) is 2.40.